The van der Waals surface area contributed by atoms with Crippen molar-refractivity contribution in [3.8, 4) is 0 Å². The second-order valence-electron chi connectivity index (χ2n) is 6.17. The third-order valence-corrected chi connectivity index (χ3v) is 5.60. The fraction of sp³-hybridized carbons (Fsp3) is 0.316. The number of benzene rings is 1. The molecule has 3 aromatic rings. The zero-order chi connectivity index (χ0) is 17.9. The molecule has 0 spiro atoms. The third kappa shape index (κ3) is 3.22. The molecular weight excluding hydrogens is 346 g/mol. The van der Waals surface area contributed by atoms with Gasteiger partial charge in [0.05, 0.1) is 15.8 Å². The minimum atomic E-state index is -0.0656. The first-order valence-corrected chi connectivity index (χ1v) is 9.66. The first-order chi connectivity index (χ1) is 12.8. The molecule has 0 atom stereocenters. The highest BCUT2D eigenvalue weighted by atomic mass is 32.1. The standard InChI is InChI=1S/C19H21N5OS/c1-2-20-18(25)14-6-5-9-21-17(14)23-10-12-24(13-11-23)19-22-15-7-3-4-8-16(15)26-19/h3-9H,2,10-13H2,1H3,(H,20,25). The van der Waals surface area contributed by atoms with Crippen LogP contribution in [0.25, 0.3) is 10.2 Å². The maximum absolute atomic E-state index is 12.3. The Morgan fingerprint density at radius 1 is 1.12 bits per heavy atom. The second-order valence-corrected chi connectivity index (χ2v) is 7.18. The molecule has 1 amide bonds. The van der Waals surface area contributed by atoms with Crippen LogP contribution in [0.15, 0.2) is 42.6 Å². The van der Waals surface area contributed by atoms with E-state index < -0.39 is 0 Å². The number of hydrogen-bond donors (Lipinski definition) is 1. The van der Waals surface area contributed by atoms with Crippen molar-refractivity contribution < 1.29 is 4.79 Å². The molecule has 2 aromatic heterocycles. The van der Waals surface area contributed by atoms with E-state index in [0.717, 1.165) is 42.6 Å². The Morgan fingerprint density at radius 2 is 1.88 bits per heavy atom. The van der Waals surface area contributed by atoms with Gasteiger partial charge in [-0.25, -0.2) is 9.97 Å². The molecule has 0 saturated carbocycles. The van der Waals surface area contributed by atoms with Crippen molar-refractivity contribution in [3.63, 3.8) is 0 Å². The van der Waals surface area contributed by atoms with E-state index in [1.54, 1.807) is 17.5 Å². The van der Waals surface area contributed by atoms with Crippen molar-refractivity contribution in [1.29, 1.82) is 0 Å². The Kier molecular flexibility index (Phi) is 4.71. The summed E-state index contributed by atoms with van der Waals surface area (Å²) in [4.78, 5) is 26.0. The summed E-state index contributed by atoms with van der Waals surface area (Å²) in [6.07, 6.45) is 1.75. The fourth-order valence-corrected chi connectivity index (χ4v) is 4.20. The molecule has 0 radical (unpaired) electrons. The highest BCUT2D eigenvalue weighted by molar-refractivity contribution is 7.22. The number of nitrogens with zero attached hydrogens (tertiary/aromatic N) is 4. The van der Waals surface area contributed by atoms with Crippen molar-refractivity contribution in [2.75, 3.05) is 42.5 Å². The molecule has 1 aliphatic rings. The molecule has 26 heavy (non-hydrogen) atoms. The van der Waals surface area contributed by atoms with E-state index in [1.165, 1.54) is 4.70 Å². The van der Waals surface area contributed by atoms with E-state index in [-0.39, 0.29) is 5.91 Å². The number of hydrogen-bond acceptors (Lipinski definition) is 6. The molecule has 6 nitrogen and oxygen atoms in total. The van der Waals surface area contributed by atoms with E-state index in [9.17, 15) is 4.79 Å². The van der Waals surface area contributed by atoms with Crippen LogP contribution in [0.2, 0.25) is 0 Å². The molecule has 7 heteroatoms. The average molecular weight is 367 g/mol. The summed E-state index contributed by atoms with van der Waals surface area (Å²) in [5, 5.41) is 3.93. The van der Waals surface area contributed by atoms with Crippen LogP contribution in [-0.4, -0.2) is 48.6 Å². The molecule has 0 aliphatic carbocycles. The Hall–Kier alpha value is -2.67. The van der Waals surface area contributed by atoms with Crippen LogP contribution in [-0.2, 0) is 0 Å². The quantitative estimate of drug-likeness (QED) is 0.768. The number of rotatable bonds is 4. The molecule has 134 valence electrons. The summed E-state index contributed by atoms with van der Waals surface area (Å²) in [6, 6.07) is 11.9. The molecule has 1 aromatic carbocycles. The number of thiazole rings is 1. The van der Waals surface area contributed by atoms with Gasteiger partial charge in [0, 0.05) is 38.9 Å². The maximum atomic E-state index is 12.3. The molecule has 0 bridgehead atoms. The minimum absolute atomic E-state index is 0.0656. The Balaban J connectivity index is 1.49. The largest absolute Gasteiger partial charge is 0.352 e. The van der Waals surface area contributed by atoms with E-state index in [4.69, 9.17) is 4.98 Å². The summed E-state index contributed by atoms with van der Waals surface area (Å²) < 4.78 is 1.22. The van der Waals surface area contributed by atoms with Crippen LogP contribution < -0.4 is 15.1 Å². The summed E-state index contributed by atoms with van der Waals surface area (Å²) in [5.74, 6) is 0.701. The molecule has 1 N–H and O–H groups in total. The molecule has 1 saturated heterocycles. The first-order valence-electron chi connectivity index (χ1n) is 8.85. The maximum Gasteiger partial charge on any atom is 0.255 e. The van der Waals surface area contributed by atoms with Crippen LogP contribution in [0.5, 0.6) is 0 Å². The predicted molar refractivity (Wildman–Crippen MR) is 106 cm³/mol. The zero-order valence-corrected chi connectivity index (χ0v) is 15.5. The van der Waals surface area contributed by atoms with Gasteiger partial charge in [-0.1, -0.05) is 23.5 Å². The van der Waals surface area contributed by atoms with Gasteiger partial charge >= 0.3 is 0 Å². The molecule has 4 rings (SSSR count). The fourth-order valence-electron chi connectivity index (χ4n) is 3.19. The smallest absolute Gasteiger partial charge is 0.255 e. The van der Waals surface area contributed by atoms with Crippen LogP contribution in [0.3, 0.4) is 0 Å². The minimum Gasteiger partial charge on any atom is -0.352 e. The predicted octanol–water partition coefficient (Wildman–Crippen LogP) is 2.77. The number of aromatic nitrogens is 2. The summed E-state index contributed by atoms with van der Waals surface area (Å²) >= 11 is 1.73. The van der Waals surface area contributed by atoms with Gasteiger partial charge in [0.2, 0.25) is 0 Å². The topological polar surface area (TPSA) is 61.4 Å². The van der Waals surface area contributed by atoms with Gasteiger partial charge in [-0.15, -0.1) is 0 Å². The van der Waals surface area contributed by atoms with E-state index in [0.29, 0.717) is 12.1 Å². The average Bonchev–Trinajstić information content (AvgIpc) is 3.12. The molecular formula is C19H21N5OS. The van der Waals surface area contributed by atoms with Gasteiger partial charge in [0.1, 0.15) is 5.82 Å². The highest BCUT2D eigenvalue weighted by Crippen LogP contribution is 2.29. The van der Waals surface area contributed by atoms with Crippen molar-refractivity contribution in [2.24, 2.45) is 0 Å². The molecule has 1 aliphatic heterocycles. The SMILES string of the molecule is CCNC(=O)c1cccnc1N1CCN(c2nc3ccccc3s2)CC1. The number of carbonyl (C=O) groups is 1. The van der Waals surface area contributed by atoms with Crippen LogP contribution >= 0.6 is 11.3 Å². The van der Waals surface area contributed by atoms with Gasteiger partial charge in [-0.2, -0.15) is 0 Å². The van der Waals surface area contributed by atoms with Crippen LogP contribution in [0, 0.1) is 0 Å². The zero-order valence-electron chi connectivity index (χ0n) is 14.7. The lowest BCUT2D eigenvalue weighted by Crippen LogP contribution is -2.47. The van der Waals surface area contributed by atoms with Crippen molar-refractivity contribution in [2.45, 2.75) is 6.92 Å². The number of nitrogens with one attached hydrogen (secondary N) is 1. The third-order valence-electron chi connectivity index (χ3n) is 4.50. The second kappa shape index (κ2) is 7.29. The van der Waals surface area contributed by atoms with Gasteiger partial charge in [0.25, 0.3) is 5.91 Å². The summed E-state index contributed by atoms with van der Waals surface area (Å²) in [5.41, 5.74) is 1.70. The summed E-state index contributed by atoms with van der Waals surface area (Å²) in [7, 11) is 0. The lowest BCUT2D eigenvalue weighted by atomic mass is 10.2. The van der Waals surface area contributed by atoms with Crippen LogP contribution in [0.1, 0.15) is 17.3 Å². The number of para-hydroxylation sites is 1. The number of piperazine rings is 1. The van der Waals surface area contributed by atoms with Gasteiger partial charge in [-0.3, -0.25) is 4.79 Å². The number of anilines is 2. The highest BCUT2D eigenvalue weighted by Gasteiger charge is 2.23. The van der Waals surface area contributed by atoms with Crippen molar-refractivity contribution >= 4 is 38.4 Å². The Bertz CT molecular complexity index is 884. The van der Waals surface area contributed by atoms with Crippen molar-refractivity contribution in [3.05, 3.63) is 48.2 Å². The molecule has 1 fully saturated rings. The number of fused-ring (bicyclic) bond motifs is 1. The monoisotopic (exact) mass is 367 g/mol. The first kappa shape index (κ1) is 16.8. The number of pyridine rings is 1. The van der Waals surface area contributed by atoms with Crippen molar-refractivity contribution in [1.82, 2.24) is 15.3 Å². The lowest BCUT2D eigenvalue weighted by Gasteiger charge is -2.35. The van der Waals surface area contributed by atoms with E-state index in [1.807, 2.05) is 31.2 Å². The lowest BCUT2D eigenvalue weighted by molar-refractivity contribution is 0.0956. The van der Waals surface area contributed by atoms with E-state index in [2.05, 4.69) is 32.2 Å². The summed E-state index contributed by atoms with van der Waals surface area (Å²) in [6.45, 7) is 5.90. The Labute approximate surface area is 156 Å². The number of carbonyl (C=O) groups excluding carboxylic acids is 1. The van der Waals surface area contributed by atoms with E-state index >= 15 is 0 Å². The van der Waals surface area contributed by atoms with Crippen LogP contribution in [0.4, 0.5) is 10.9 Å². The normalized spacial score (nSPS) is 14.7. The van der Waals surface area contributed by atoms with Gasteiger partial charge < -0.3 is 15.1 Å². The Morgan fingerprint density at radius 3 is 2.65 bits per heavy atom. The molecule has 0 unspecified atom stereocenters. The van der Waals surface area contributed by atoms with Gasteiger partial charge in [0.15, 0.2) is 5.13 Å². The molecule has 3 heterocycles. The number of amides is 1. The van der Waals surface area contributed by atoms with Gasteiger partial charge in [-0.05, 0) is 31.2 Å².